The number of esters is 1. The summed E-state index contributed by atoms with van der Waals surface area (Å²) in [6.45, 7) is 2.19. The van der Waals surface area contributed by atoms with Crippen molar-refractivity contribution in [1.82, 2.24) is 0 Å². The lowest BCUT2D eigenvalue weighted by Crippen LogP contribution is -2.13. The number of hydrogen-bond acceptors (Lipinski definition) is 3. The standard InChI is InChI=1S/C12H15NO2/c1-9-3-5-10(6-4-9)7-11(8-13)12(14)15-2/h3-7H,8,13H2,1-2H3/b11-7-. The van der Waals surface area contributed by atoms with E-state index in [2.05, 4.69) is 4.74 Å². The molecule has 15 heavy (non-hydrogen) atoms. The molecule has 0 aliphatic heterocycles. The maximum absolute atomic E-state index is 11.2. The Hall–Kier alpha value is -1.61. The molecule has 3 nitrogen and oxygen atoms in total. The normalized spacial score (nSPS) is 11.3. The molecule has 0 amide bonds. The minimum atomic E-state index is -0.377. The van der Waals surface area contributed by atoms with Gasteiger partial charge in [0, 0.05) is 6.54 Å². The number of ether oxygens (including phenoxy) is 1. The third-order valence-electron chi connectivity index (χ3n) is 2.09. The van der Waals surface area contributed by atoms with Crippen molar-refractivity contribution in [2.75, 3.05) is 13.7 Å². The molecule has 80 valence electrons. The van der Waals surface area contributed by atoms with Crippen molar-refractivity contribution in [3.63, 3.8) is 0 Å². The fourth-order valence-electron chi connectivity index (χ4n) is 1.20. The van der Waals surface area contributed by atoms with E-state index in [0.717, 1.165) is 5.56 Å². The van der Waals surface area contributed by atoms with Crippen LogP contribution in [0.4, 0.5) is 0 Å². The van der Waals surface area contributed by atoms with Gasteiger partial charge < -0.3 is 10.5 Å². The van der Waals surface area contributed by atoms with Crippen molar-refractivity contribution >= 4 is 12.0 Å². The summed E-state index contributed by atoms with van der Waals surface area (Å²) in [6, 6.07) is 7.84. The molecule has 2 N–H and O–H groups in total. The topological polar surface area (TPSA) is 52.3 Å². The van der Waals surface area contributed by atoms with Gasteiger partial charge >= 0.3 is 5.97 Å². The molecule has 0 bridgehead atoms. The molecule has 0 spiro atoms. The van der Waals surface area contributed by atoms with Crippen LogP contribution in [-0.2, 0) is 9.53 Å². The Morgan fingerprint density at radius 1 is 1.40 bits per heavy atom. The van der Waals surface area contributed by atoms with Crippen molar-refractivity contribution in [3.05, 3.63) is 41.0 Å². The highest BCUT2D eigenvalue weighted by Crippen LogP contribution is 2.08. The quantitative estimate of drug-likeness (QED) is 0.601. The van der Waals surface area contributed by atoms with E-state index in [1.807, 2.05) is 31.2 Å². The van der Waals surface area contributed by atoms with Crippen LogP contribution in [0.3, 0.4) is 0 Å². The predicted octanol–water partition coefficient (Wildman–Crippen LogP) is 1.51. The van der Waals surface area contributed by atoms with Crippen LogP contribution >= 0.6 is 0 Å². The van der Waals surface area contributed by atoms with E-state index in [0.29, 0.717) is 5.57 Å². The minimum absolute atomic E-state index is 0.181. The largest absolute Gasteiger partial charge is 0.466 e. The monoisotopic (exact) mass is 205 g/mol. The van der Waals surface area contributed by atoms with Crippen LogP contribution in [0.15, 0.2) is 29.8 Å². The minimum Gasteiger partial charge on any atom is -0.466 e. The summed E-state index contributed by atoms with van der Waals surface area (Å²) in [6.07, 6.45) is 1.74. The second-order valence-corrected chi connectivity index (χ2v) is 3.28. The number of methoxy groups -OCH3 is 1. The Morgan fingerprint density at radius 2 is 2.00 bits per heavy atom. The SMILES string of the molecule is COC(=O)/C(=C\c1ccc(C)cc1)CN. The van der Waals surface area contributed by atoms with Gasteiger partial charge in [-0.15, -0.1) is 0 Å². The molecule has 0 saturated heterocycles. The first-order chi connectivity index (χ1) is 7.17. The van der Waals surface area contributed by atoms with Crippen molar-refractivity contribution in [2.24, 2.45) is 5.73 Å². The zero-order valence-corrected chi connectivity index (χ0v) is 8.99. The molecular weight excluding hydrogens is 190 g/mol. The smallest absolute Gasteiger partial charge is 0.335 e. The molecule has 1 aromatic rings. The van der Waals surface area contributed by atoms with Gasteiger partial charge in [-0.2, -0.15) is 0 Å². The van der Waals surface area contributed by atoms with Gasteiger partial charge in [-0.3, -0.25) is 0 Å². The van der Waals surface area contributed by atoms with E-state index in [-0.39, 0.29) is 12.5 Å². The summed E-state index contributed by atoms with van der Waals surface area (Å²) in [4.78, 5) is 11.2. The summed E-state index contributed by atoms with van der Waals surface area (Å²) in [5.74, 6) is -0.377. The molecule has 0 aliphatic rings. The maximum atomic E-state index is 11.2. The number of hydrogen-bond donors (Lipinski definition) is 1. The number of carbonyl (C=O) groups excluding carboxylic acids is 1. The Labute approximate surface area is 89.5 Å². The Kier molecular flexibility index (Phi) is 4.06. The highest BCUT2D eigenvalue weighted by molar-refractivity contribution is 5.94. The molecule has 0 fully saturated rings. The maximum Gasteiger partial charge on any atom is 0.335 e. The van der Waals surface area contributed by atoms with Gasteiger partial charge in [0.2, 0.25) is 0 Å². The van der Waals surface area contributed by atoms with E-state index >= 15 is 0 Å². The van der Waals surface area contributed by atoms with Crippen LogP contribution < -0.4 is 5.73 Å². The lowest BCUT2D eigenvalue weighted by Gasteiger charge is -2.02. The molecule has 0 aliphatic carbocycles. The second kappa shape index (κ2) is 5.32. The molecule has 0 unspecified atom stereocenters. The van der Waals surface area contributed by atoms with Gasteiger partial charge in [-0.1, -0.05) is 29.8 Å². The zero-order valence-electron chi connectivity index (χ0n) is 8.99. The molecule has 0 radical (unpaired) electrons. The lowest BCUT2D eigenvalue weighted by molar-refractivity contribution is -0.136. The second-order valence-electron chi connectivity index (χ2n) is 3.28. The van der Waals surface area contributed by atoms with E-state index < -0.39 is 0 Å². The van der Waals surface area contributed by atoms with Crippen molar-refractivity contribution in [3.8, 4) is 0 Å². The van der Waals surface area contributed by atoms with Crippen LogP contribution in [0.5, 0.6) is 0 Å². The average molecular weight is 205 g/mol. The van der Waals surface area contributed by atoms with Crippen molar-refractivity contribution in [2.45, 2.75) is 6.92 Å². The Bertz CT molecular complexity index is 366. The van der Waals surface area contributed by atoms with Crippen LogP contribution in [0.1, 0.15) is 11.1 Å². The Balaban J connectivity index is 2.93. The van der Waals surface area contributed by atoms with Gasteiger partial charge in [0.05, 0.1) is 12.7 Å². The first kappa shape index (κ1) is 11.5. The van der Waals surface area contributed by atoms with Gasteiger partial charge in [0.15, 0.2) is 0 Å². The molecule has 1 aromatic carbocycles. The summed E-state index contributed by atoms with van der Waals surface area (Å²) in [5, 5.41) is 0. The van der Waals surface area contributed by atoms with Crippen molar-refractivity contribution < 1.29 is 9.53 Å². The first-order valence-electron chi connectivity index (χ1n) is 4.73. The number of carbonyl (C=O) groups is 1. The van der Waals surface area contributed by atoms with Crippen molar-refractivity contribution in [1.29, 1.82) is 0 Å². The van der Waals surface area contributed by atoms with Gasteiger partial charge in [-0.05, 0) is 18.6 Å². The predicted molar refractivity (Wildman–Crippen MR) is 60.2 cm³/mol. The van der Waals surface area contributed by atoms with Gasteiger partial charge in [0.1, 0.15) is 0 Å². The first-order valence-corrected chi connectivity index (χ1v) is 4.73. The number of benzene rings is 1. The fourth-order valence-corrected chi connectivity index (χ4v) is 1.20. The molecular formula is C12H15NO2. The molecule has 1 rings (SSSR count). The van der Waals surface area contributed by atoms with Crippen LogP contribution in [0.25, 0.3) is 6.08 Å². The molecule has 0 aromatic heterocycles. The summed E-state index contributed by atoms with van der Waals surface area (Å²) in [7, 11) is 1.35. The summed E-state index contributed by atoms with van der Waals surface area (Å²) >= 11 is 0. The molecule has 3 heteroatoms. The Morgan fingerprint density at radius 3 is 2.47 bits per heavy atom. The third-order valence-corrected chi connectivity index (χ3v) is 2.09. The number of nitrogens with two attached hydrogens (primary N) is 1. The van der Waals surface area contributed by atoms with E-state index in [9.17, 15) is 4.79 Å². The van der Waals surface area contributed by atoms with Gasteiger partial charge in [0.25, 0.3) is 0 Å². The fraction of sp³-hybridized carbons (Fsp3) is 0.250. The summed E-state index contributed by atoms with van der Waals surface area (Å²) in [5.41, 5.74) is 8.06. The number of rotatable bonds is 3. The highest BCUT2D eigenvalue weighted by atomic mass is 16.5. The average Bonchev–Trinajstić information content (AvgIpc) is 2.27. The highest BCUT2D eigenvalue weighted by Gasteiger charge is 2.06. The lowest BCUT2D eigenvalue weighted by atomic mass is 10.1. The van der Waals surface area contributed by atoms with Gasteiger partial charge in [-0.25, -0.2) is 4.79 Å². The van der Waals surface area contributed by atoms with E-state index in [1.165, 1.54) is 12.7 Å². The van der Waals surface area contributed by atoms with Crippen LogP contribution in [0, 0.1) is 6.92 Å². The molecule has 0 atom stereocenters. The van der Waals surface area contributed by atoms with Crippen LogP contribution in [0.2, 0.25) is 0 Å². The van der Waals surface area contributed by atoms with E-state index in [4.69, 9.17) is 5.73 Å². The summed E-state index contributed by atoms with van der Waals surface area (Å²) < 4.78 is 4.61. The van der Waals surface area contributed by atoms with Crippen LogP contribution in [-0.4, -0.2) is 19.6 Å². The zero-order chi connectivity index (χ0) is 11.3. The third kappa shape index (κ3) is 3.22. The number of aryl methyl sites for hydroxylation is 1. The molecule has 0 saturated carbocycles. The molecule has 0 heterocycles. The van der Waals surface area contributed by atoms with E-state index in [1.54, 1.807) is 6.08 Å².